The van der Waals surface area contributed by atoms with Gasteiger partial charge < -0.3 is 23.4 Å². The largest absolute Gasteiger partial charge is 0.499 e. The second-order valence-corrected chi connectivity index (χ2v) is 27.8. The Balaban J connectivity index is 0.000000122. The molecule has 1 fully saturated rings. The van der Waals surface area contributed by atoms with E-state index in [-0.39, 0.29) is 25.9 Å². The minimum absolute atomic E-state index is 0. The number of H-pyrrole nitrogens is 1. The summed E-state index contributed by atoms with van der Waals surface area (Å²) >= 11 is 3.62. The SMILES string of the molecule is Brc1ccc2c3cnccc3n(C(c3ccccc3)(c3ccccc3)c3ccccc3)c2n1.CC1(C)OB(c2cnccc2F)OC1(C)C.Fc1ccncc1-c1ccc2c(n1)[nH]c1ccncc12.Fc1ccncc1-c1ccc2c3cnccc3n(C(c3ccccc3)(c3ccccc3)c3ccccc3)c2n1.[B]. The predicted molar refractivity (Wildman–Crippen MR) is 430 cm³/mol. The summed E-state index contributed by atoms with van der Waals surface area (Å²) in [5.74, 6) is -1.04. The monoisotopic (exact) mass is 1490 g/mol. The van der Waals surface area contributed by atoms with Crippen LogP contribution in [0.15, 0.2) is 334 Å². The minimum atomic E-state index is -0.787. The topological polar surface area (TPSA) is 160 Å². The van der Waals surface area contributed by atoms with Crippen LogP contribution in [0.1, 0.15) is 61.1 Å². The first-order valence-electron chi connectivity index (χ1n) is 35.1. The van der Waals surface area contributed by atoms with E-state index in [0.717, 1.165) is 81.5 Å². The van der Waals surface area contributed by atoms with E-state index in [4.69, 9.17) is 19.3 Å². The fraction of sp³-hybridized carbons (Fsp3) is 0.0899. The molecule has 109 heavy (non-hydrogen) atoms. The molecule has 13 heterocycles. The normalized spacial score (nSPS) is 13.1. The number of pyridine rings is 9. The van der Waals surface area contributed by atoms with Crippen molar-refractivity contribution in [1.29, 1.82) is 0 Å². The molecule has 1 saturated heterocycles. The Morgan fingerprint density at radius 1 is 0.358 bits per heavy atom. The van der Waals surface area contributed by atoms with Crippen LogP contribution in [-0.4, -0.2) is 85.7 Å². The van der Waals surface area contributed by atoms with Crippen molar-refractivity contribution >= 4 is 103 Å². The van der Waals surface area contributed by atoms with E-state index in [1.165, 1.54) is 72.1 Å². The van der Waals surface area contributed by atoms with E-state index in [9.17, 15) is 13.2 Å². The number of halogens is 4. The molecule has 1 aliphatic rings. The summed E-state index contributed by atoms with van der Waals surface area (Å²) in [6.45, 7) is 7.73. The fourth-order valence-electron chi connectivity index (χ4n) is 14.6. The first kappa shape index (κ1) is 72.0. The van der Waals surface area contributed by atoms with Gasteiger partial charge in [-0.1, -0.05) is 182 Å². The molecule has 19 rings (SSSR count). The Kier molecular flexibility index (Phi) is 20.0. The number of hydrogen-bond acceptors (Lipinski definition) is 11. The number of benzene rings is 6. The number of rotatable bonds is 11. The van der Waals surface area contributed by atoms with Gasteiger partial charge in [0.2, 0.25) is 0 Å². The molecule has 529 valence electrons. The second kappa shape index (κ2) is 30.3. The van der Waals surface area contributed by atoms with Crippen molar-refractivity contribution < 1.29 is 22.5 Å². The van der Waals surface area contributed by atoms with E-state index in [1.54, 1.807) is 18.5 Å². The number of aromatic amines is 1. The lowest BCUT2D eigenvalue weighted by Gasteiger charge is -2.38. The third kappa shape index (κ3) is 13.2. The number of nitrogens with zero attached hydrogens (tertiary/aromatic N) is 11. The predicted octanol–water partition coefficient (Wildman–Crippen LogP) is 19.3. The zero-order valence-corrected chi connectivity index (χ0v) is 61.2. The number of fused-ring (bicyclic) bond motifs is 9. The average Bonchev–Trinajstić information content (AvgIpc) is 1.61. The van der Waals surface area contributed by atoms with Crippen molar-refractivity contribution in [1.82, 2.24) is 59.0 Å². The summed E-state index contributed by atoms with van der Waals surface area (Å²) in [7, 11) is -0.682. The molecule has 3 radical (unpaired) electrons. The van der Waals surface area contributed by atoms with Crippen LogP contribution in [0.2, 0.25) is 0 Å². The first-order chi connectivity index (χ1) is 52.7. The van der Waals surface area contributed by atoms with Gasteiger partial charge >= 0.3 is 7.12 Å². The summed E-state index contributed by atoms with van der Waals surface area (Å²) in [5, 5.41) is 6.06. The standard InChI is InChI=1S/C34H23FN4.C29H20BrN3.C15H9FN4.C11H15BFNO2.B/c35-30-18-20-36-23-29(30)31-17-16-27-28-22-37-21-19-32(28)39(33(27)38-31)34(24-10-4-1-5-11-24,25-12-6-2-7-13-25)26-14-8-3-9-15-26;30-27-17-16-24-25-20-31-19-18-26(25)33(28(24)32-27)29(21-10-4-1-5-11-21,22-12-6-2-7-13-22)23-14-8-3-9-15-23;16-12-3-5-17-8-11(12)13-2-1-9-10-7-18-6-4-14(10)20-15(9)19-13;1-10(2)11(3,4)16-12(15-10)8-7-14-6-5-9(8)13;/h1-23H;1-20H;1-8H,(H,19,20);5-7H,1-4H3;. The Morgan fingerprint density at radius 3 is 1.13 bits per heavy atom. The number of aromatic nitrogens is 12. The Labute approximate surface area is 637 Å². The van der Waals surface area contributed by atoms with Gasteiger partial charge in [0, 0.05) is 121 Å². The zero-order chi connectivity index (χ0) is 74.0. The molecule has 0 spiro atoms. The van der Waals surface area contributed by atoms with Crippen LogP contribution in [-0.2, 0) is 20.4 Å². The van der Waals surface area contributed by atoms with Crippen molar-refractivity contribution in [3.8, 4) is 22.5 Å². The minimum Gasteiger partial charge on any atom is -0.399 e. The van der Waals surface area contributed by atoms with Crippen molar-refractivity contribution in [2.45, 2.75) is 50.0 Å². The van der Waals surface area contributed by atoms with Crippen LogP contribution >= 0.6 is 15.9 Å². The summed E-state index contributed by atoms with van der Waals surface area (Å²) < 4.78 is 59.2. The number of hydrogen-bond donors (Lipinski definition) is 1. The van der Waals surface area contributed by atoms with Gasteiger partial charge in [0.05, 0.1) is 50.3 Å². The first-order valence-corrected chi connectivity index (χ1v) is 35.9. The van der Waals surface area contributed by atoms with Crippen LogP contribution in [0.25, 0.3) is 88.3 Å². The van der Waals surface area contributed by atoms with Crippen LogP contribution < -0.4 is 5.46 Å². The molecule has 20 heteroatoms. The van der Waals surface area contributed by atoms with Gasteiger partial charge in [-0.05, 0) is 150 Å². The van der Waals surface area contributed by atoms with Crippen LogP contribution in [0.5, 0.6) is 0 Å². The lowest BCUT2D eigenvalue weighted by atomic mass is 9.76. The maximum atomic E-state index is 14.9. The smallest absolute Gasteiger partial charge is 0.399 e. The molecule has 0 aliphatic carbocycles. The molecule has 0 atom stereocenters. The molecule has 12 aromatic heterocycles. The van der Waals surface area contributed by atoms with E-state index in [1.807, 2.05) is 107 Å². The third-order valence-corrected chi connectivity index (χ3v) is 20.7. The highest BCUT2D eigenvalue weighted by atomic mass is 79.9. The molecule has 1 N–H and O–H groups in total. The molecule has 1 aliphatic heterocycles. The summed E-state index contributed by atoms with van der Waals surface area (Å²) in [6, 6.07) is 85.2. The third-order valence-electron chi connectivity index (χ3n) is 20.3. The molecular formula is C89H67B2BrF3N12O2. The van der Waals surface area contributed by atoms with Crippen LogP contribution in [0.4, 0.5) is 13.2 Å². The van der Waals surface area contributed by atoms with Gasteiger partial charge in [-0.25, -0.2) is 28.1 Å². The average molecular weight is 1500 g/mol. The molecule has 0 amide bonds. The van der Waals surface area contributed by atoms with Gasteiger partial charge in [-0.2, -0.15) is 0 Å². The van der Waals surface area contributed by atoms with Crippen molar-refractivity contribution in [2.24, 2.45) is 0 Å². The van der Waals surface area contributed by atoms with Gasteiger partial charge in [-0.3, -0.25) is 29.9 Å². The second-order valence-electron chi connectivity index (χ2n) is 27.0. The summed E-state index contributed by atoms with van der Waals surface area (Å²) in [4.78, 5) is 42.9. The highest BCUT2D eigenvalue weighted by Gasteiger charge is 2.53. The Morgan fingerprint density at radius 2 is 0.706 bits per heavy atom. The molecule has 14 nitrogen and oxygen atoms in total. The van der Waals surface area contributed by atoms with Crippen molar-refractivity contribution in [2.75, 3.05) is 0 Å². The van der Waals surface area contributed by atoms with E-state index >= 15 is 0 Å². The molecular weight excluding hydrogens is 1430 g/mol. The number of nitrogens with one attached hydrogen (secondary N) is 1. The van der Waals surface area contributed by atoms with Crippen LogP contribution in [0.3, 0.4) is 0 Å². The van der Waals surface area contributed by atoms with E-state index < -0.39 is 29.4 Å². The maximum Gasteiger partial charge on any atom is 0.499 e. The highest BCUT2D eigenvalue weighted by molar-refractivity contribution is 9.10. The summed E-state index contributed by atoms with van der Waals surface area (Å²) in [5.41, 5.74) is 12.0. The van der Waals surface area contributed by atoms with Crippen molar-refractivity contribution in [3.63, 3.8) is 0 Å². The molecule has 0 unspecified atom stereocenters. The van der Waals surface area contributed by atoms with Gasteiger partial charge in [0.25, 0.3) is 0 Å². The Bertz CT molecular complexity index is 6040. The maximum absolute atomic E-state index is 14.9. The Hall–Kier alpha value is -12.6. The fourth-order valence-corrected chi connectivity index (χ4v) is 14.9. The quantitative estimate of drug-likeness (QED) is 0.0746. The molecule has 18 aromatic rings. The molecule has 0 saturated carbocycles. The summed E-state index contributed by atoms with van der Waals surface area (Å²) in [6.07, 6.45) is 19.7. The lowest BCUT2D eigenvalue weighted by Crippen LogP contribution is -2.41. The zero-order valence-electron chi connectivity index (χ0n) is 59.6. The van der Waals surface area contributed by atoms with Gasteiger partial charge in [0.15, 0.2) is 0 Å². The van der Waals surface area contributed by atoms with Crippen LogP contribution in [0, 0.1) is 17.5 Å². The van der Waals surface area contributed by atoms with E-state index in [0.29, 0.717) is 33.6 Å². The van der Waals surface area contributed by atoms with E-state index in [2.05, 4.69) is 241 Å². The molecule has 6 aromatic carbocycles. The van der Waals surface area contributed by atoms with Crippen molar-refractivity contribution in [3.05, 3.63) is 385 Å². The van der Waals surface area contributed by atoms with Gasteiger partial charge in [0.1, 0.15) is 50.1 Å². The van der Waals surface area contributed by atoms with Gasteiger partial charge in [-0.15, -0.1) is 0 Å². The molecule has 0 bridgehead atoms. The lowest BCUT2D eigenvalue weighted by molar-refractivity contribution is 0.00578. The highest BCUT2D eigenvalue weighted by Crippen LogP contribution is 2.49.